The minimum atomic E-state index is 0.00745. The van der Waals surface area contributed by atoms with Gasteiger partial charge in [-0.25, -0.2) is 0 Å². The standard InChI is InChI=1S/C23H31NO3/c1-22-9-5-10-23(15-26-23)20(22)12-17-18(21(25)27-19(17)13-22)14-24-11-8-16-6-3-2-4-7-16/h2-4,6-7,17-20,24H,5,8-15H2,1H3/t17-,18-,19+,20-,22+,23-/m0/s1. The molecule has 4 heteroatoms. The molecule has 1 N–H and O–H groups in total. The Morgan fingerprint density at radius 1 is 1.22 bits per heavy atom. The van der Waals surface area contributed by atoms with E-state index in [-0.39, 0.29) is 29.0 Å². The van der Waals surface area contributed by atoms with Gasteiger partial charge in [0.25, 0.3) is 0 Å². The van der Waals surface area contributed by atoms with Gasteiger partial charge in [0, 0.05) is 12.5 Å². The highest BCUT2D eigenvalue weighted by Crippen LogP contribution is 2.62. The molecule has 1 spiro atoms. The van der Waals surface area contributed by atoms with Gasteiger partial charge >= 0.3 is 5.97 Å². The first-order valence-electron chi connectivity index (χ1n) is 10.7. The van der Waals surface area contributed by atoms with Crippen molar-refractivity contribution in [1.29, 1.82) is 0 Å². The predicted octanol–water partition coefficient (Wildman–Crippen LogP) is 3.35. The summed E-state index contributed by atoms with van der Waals surface area (Å²) in [5.74, 6) is 0.985. The summed E-state index contributed by atoms with van der Waals surface area (Å²) >= 11 is 0. The molecule has 4 nitrogen and oxygen atoms in total. The molecule has 146 valence electrons. The number of fused-ring (bicyclic) bond motifs is 3. The van der Waals surface area contributed by atoms with Gasteiger partial charge in [-0.1, -0.05) is 37.3 Å². The first-order valence-corrected chi connectivity index (χ1v) is 10.7. The van der Waals surface area contributed by atoms with E-state index in [0.29, 0.717) is 11.8 Å². The molecule has 1 aromatic rings. The van der Waals surface area contributed by atoms with Crippen LogP contribution in [0.5, 0.6) is 0 Å². The lowest BCUT2D eigenvalue weighted by atomic mass is 9.53. The second-order valence-electron chi connectivity index (χ2n) is 9.54. The third-order valence-corrected chi connectivity index (χ3v) is 7.88. The van der Waals surface area contributed by atoms with Crippen molar-refractivity contribution >= 4 is 5.97 Å². The van der Waals surface area contributed by atoms with Crippen molar-refractivity contribution in [3.05, 3.63) is 35.9 Å². The second kappa shape index (κ2) is 6.59. The van der Waals surface area contributed by atoms with E-state index in [2.05, 4.69) is 36.5 Å². The van der Waals surface area contributed by atoms with Gasteiger partial charge in [0.05, 0.1) is 18.1 Å². The predicted molar refractivity (Wildman–Crippen MR) is 103 cm³/mol. The molecule has 2 saturated carbocycles. The Kier molecular flexibility index (Phi) is 4.32. The Morgan fingerprint density at radius 2 is 2.04 bits per heavy atom. The quantitative estimate of drug-likeness (QED) is 0.491. The fourth-order valence-corrected chi connectivity index (χ4v) is 6.33. The first-order chi connectivity index (χ1) is 13.1. The van der Waals surface area contributed by atoms with Crippen molar-refractivity contribution in [3.8, 4) is 0 Å². The van der Waals surface area contributed by atoms with E-state index in [1.54, 1.807) is 0 Å². The summed E-state index contributed by atoms with van der Waals surface area (Å²) in [5.41, 5.74) is 1.75. The minimum Gasteiger partial charge on any atom is -0.462 e. The zero-order valence-electron chi connectivity index (χ0n) is 16.3. The molecule has 0 amide bonds. The Morgan fingerprint density at radius 3 is 2.81 bits per heavy atom. The third-order valence-electron chi connectivity index (χ3n) is 7.88. The van der Waals surface area contributed by atoms with Crippen LogP contribution in [0.15, 0.2) is 30.3 Å². The van der Waals surface area contributed by atoms with Gasteiger partial charge in [-0.15, -0.1) is 0 Å². The normalized spacial score (nSPS) is 42.5. The van der Waals surface area contributed by atoms with Crippen LogP contribution in [0.25, 0.3) is 0 Å². The number of nitrogens with one attached hydrogen (secondary N) is 1. The number of ether oxygens (including phenoxy) is 2. The maximum absolute atomic E-state index is 12.6. The van der Waals surface area contributed by atoms with Crippen molar-refractivity contribution in [2.24, 2.45) is 23.2 Å². The molecule has 2 saturated heterocycles. The molecule has 0 unspecified atom stereocenters. The van der Waals surface area contributed by atoms with E-state index >= 15 is 0 Å². The summed E-state index contributed by atoms with van der Waals surface area (Å²) in [7, 11) is 0. The van der Waals surface area contributed by atoms with Gasteiger partial charge < -0.3 is 14.8 Å². The highest BCUT2D eigenvalue weighted by atomic mass is 16.6. The van der Waals surface area contributed by atoms with Crippen LogP contribution in [0.1, 0.15) is 44.6 Å². The molecule has 2 aliphatic carbocycles. The molecule has 2 aliphatic heterocycles. The van der Waals surface area contributed by atoms with Gasteiger partial charge in [-0.05, 0) is 62.0 Å². The highest BCUT2D eigenvalue weighted by molar-refractivity contribution is 5.75. The molecule has 4 fully saturated rings. The molecule has 5 rings (SSSR count). The molecule has 0 aromatic heterocycles. The summed E-state index contributed by atoms with van der Waals surface area (Å²) in [6.45, 7) is 4.98. The molecule has 2 heterocycles. The van der Waals surface area contributed by atoms with Crippen molar-refractivity contribution in [1.82, 2.24) is 5.32 Å². The zero-order chi connectivity index (χ0) is 18.5. The average molecular weight is 370 g/mol. The van der Waals surface area contributed by atoms with Crippen LogP contribution in [-0.4, -0.2) is 37.4 Å². The SMILES string of the molecule is C[C@]12CCC[C@]3(CO3)[C@H]1C[C@H]1[C@H](CNCCc3ccccc3)C(=O)O[C@@H]1C2. The molecule has 1 aromatic carbocycles. The second-order valence-corrected chi connectivity index (χ2v) is 9.54. The van der Waals surface area contributed by atoms with Crippen LogP contribution in [-0.2, 0) is 20.7 Å². The zero-order valence-corrected chi connectivity index (χ0v) is 16.3. The number of carbonyl (C=O) groups excluding carboxylic acids is 1. The molecule has 4 aliphatic rings. The Balaban J connectivity index is 1.22. The van der Waals surface area contributed by atoms with Crippen molar-refractivity contribution < 1.29 is 14.3 Å². The van der Waals surface area contributed by atoms with E-state index in [1.807, 2.05) is 6.07 Å². The maximum Gasteiger partial charge on any atom is 0.310 e. The Labute approximate surface area is 162 Å². The lowest BCUT2D eigenvalue weighted by molar-refractivity contribution is -0.147. The molecule has 6 atom stereocenters. The van der Waals surface area contributed by atoms with E-state index in [0.717, 1.165) is 39.0 Å². The van der Waals surface area contributed by atoms with Crippen LogP contribution >= 0.6 is 0 Å². The van der Waals surface area contributed by atoms with E-state index in [4.69, 9.17) is 9.47 Å². The smallest absolute Gasteiger partial charge is 0.310 e. The Bertz CT molecular complexity index is 701. The molecule has 0 bridgehead atoms. The Hall–Kier alpha value is -1.39. The number of benzene rings is 1. The number of rotatable bonds is 5. The molecular formula is C23H31NO3. The fraction of sp³-hybridized carbons (Fsp3) is 0.696. The first kappa shape index (κ1) is 17.7. The number of esters is 1. The fourth-order valence-electron chi connectivity index (χ4n) is 6.33. The summed E-state index contributed by atoms with van der Waals surface area (Å²) in [4.78, 5) is 12.6. The number of carbonyl (C=O) groups is 1. The summed E-state index contributed by atoms with van der Waals surface area (Å²) in [5, 5.41) is 3.53. The van der Waals surface area contributed by atoms with Crippen LogP contribution in [0.2, 0.25) is 0 Å². The summed E-state index contributed by atoms with van der Waals surface area (Å²) in [6.07, 6.45) is 6.95. The van der Waals surface area contributed by atoms with Gasteiger partial charge in [0.15, 0.2) is 0 Å². The summed E-state index contributed by atoms with van der Waals surface area (Å²) < 4.78 is 11.9. The monoisotopic (exact) mass is 369 g/mol. The average Bonchev–Trinajstić information content (AvgIpc) is 3.36. The van der Waals surface area contributed by atoms with E-state index < -0.39 is 0 Å². The maximum atomic E-state index is 12.6. The lowest BCUT2D eigenvalue weighted by Crippen LogP contribution is -2.51. The molecule has 27 heavy (non-hydrogen) atoms. The third kappa shape index (κ3) is 3.11. The van der Waals surface area contributed by atoms with Crippen molar-refractivity contribution in [3.63, 3.8) is 0 Å². The topological polar surface area (TPSA) is 50.9 Å². The van der Waals surface area contributed by atoms with Crippen molar-refractivity contribution in [2.75, 3.05) is 19.7 Å². The number of epoxide rings is 1. The number of hydrogen-bond donors (Lipinski definition) is 1. The van der Waals surface area contributed by atoms with Crippen LogP contribution in [0.4, 0.5) is 0 Å². The van der Waals surface area contributed by atoms with Crippen molar-refractivity contribution in [2.45, 2.75) is 57.2 Å². The molecule has 0 radical (unpaired) electrons. The van der Waals surface area contributed by atoms with Crippen LogP contribution in [0.3, 0.4) is 0 Å². The number of hydrogen-bond acceptors (Lipinski definition) is 4. The van der Waals surface area contributed by atoms with E-state index in [9.17, 15) is 4.79 Å². The van der Waals surface area contributed by atoms with Gasteiger partial charge in [-0.2, -0.15) is 0 Å². The van der Waals surface area contributed by atoms with Crippen LogP contribution < -0.4 is 5.32 Å². The molecular weight excluding hydrogens is 338 g/mol. The lowest BCUT2D eigenvalue weighted by Gasteiger charge is -2.51. The van der Waals surface area contributed by atoms with Gasteiger partial charge in [0.1, 0.15) is 6.10 Å². The van der Waals surface area contributed by atoms with E-state index in [1.165, 1.54) is 24.8 Å². The minimum absolute atomic E-state index is 0.00745. The van der Waals surface area contributed by atoms with Gasteiger partial charge in [0.2, 0.25) is 0 Å². The summed E-state index contributed by atoms with van der Waals surface area (Å²) in [6, 6.07) is 10.5. The van der Waals surface area contributed by atoms with Gasteiger partial charge in [-0.3, -0.25) is 4.79 Å². The highest BCUT2D eigenvalue weighted by Gasteiger charge is 2.64. The largest absolute Gasteiger partial charge is 0.462 e. The van der Waals surface area contributed by atoms with Crippen LogP contribution in [0, 0.1) is 23.2 Å².